The second kappa shape index (κ2) is 9.57. The molecule has 13 heteroatoms. The number of hydrazine groups is 1. The summed E-state index contributed by atoms with van der Waals surface area (Å²) in [6.07, 6.45) is 0. The third-order valence-corrected chi connectivity index (χ3v) is 6.37. The fourth-order valence-electron chi connectivity index (χ4n) is 3.68. The summed E-state index contributed by atoms with van der Waals surface area (Å²) in [7, 11) is 0. The number of hydrogen-bond acceptors (Lipinski definition) is 6. The van der Waals surface area contributed by atoms with Gasteiger partial charge in [-0.25, -0.2) is 0 Å². The van der Waals surface area contributed by atoms with Crippen LogP contribution in [0.15, 0.2) is 48.5 Å². The summed E-state index contributed by atoms with van der Waals surface area (Å²) in [5.41, 5.74) is 1.34. The highest BCUT2D eigenvalue weighted by molar-refractivity contribution is 7.72. The molecule has 0 aliphatic carbocycles. The highest BCUT2D eigenvalue weighted by Gasteiger charge is 2.48. The van der Waals surface area contributed by atoms with E-state index in [-0.39, 0.29) is 12.5 Å². The van der Waals surface area contributed by atoms with Crippen LogP contribution in [0.3, 0.4) is 0 Å². The molecule has 0 bridgehead atoms. The Kier molecular flexibility index (Phi) is 6.87. The Bertz CT molecular complexity index is 1400. The maximum absolute atomic E-state index is 12.9. The van der Waals surface area contributed by atoms with Crippen molar-refractivity contribution >= 4 is 76.7 Å². The van der Waals surface area contributed by atoms with Crippen molar-refractivity contribution < 1.29 is 14.4 Å². The first-order valence-corrected chi connectivity index (χ1v) is 12.0. The van der Waals surface area contributed by atoms with Gasteiger partial charge in [-0.3, -0.25) is 34.2 Å². The van der Waals surface area contributed by atoms with Crippen molar-refractivity contribution in [1.29, 1.82) is 0 Å². The molecular weight excluding hydrogens is 531 g/mol. The predicted molar refractivity (Wildman–Crippen MR) is 139 cm³/mol. The lowest BCUT2D eigenvalue weighted by atomic mass is 9.94. The quantitative estimate of drug-likeness (QED) is 0.312. The highest BCUT2D eigenvalue weighted by atomic mass is 35.5. The van der Waals surface area contributed by atoms with Crippen molar-refractivity contribution in [3.05, 3.63) is 63.6 Å². The van der Waals surface area contributed by atoms with Crippen LogP contribution in [0.5, 0.6) is 0 Å². The molecule has 182 valence electrons. The summed E-state index contributed by atoms with van der Waals surface area (Å²) in [6.45, 7) is 3.72. The van der Waals surface area contributed by atoms with E-state index in [1.54, 1.807) is 60.9 Å². The van der Waals surface area contributed by atoms with Crippen molar-refractivity contribution in [3.63, 3.8) is 0 Å². The van der Waals surface area contributed by atoms with Crippen molar-refractivity contribution in [2.75, 3.05) is 16.9 Å². The number of imide groups is 1. The van der Waals surface area contributed by atoms with Gasteiger partial charge in [0.2, 0.25) is 0 Å². The first-order chi connectivity index (χ1) is 16.5. The number of nitrogens with zero attached hydrogens (tertiary/aromatic N) is 3. The van der Waals surface area contributed by atoms with Gasteiger partial charge in [-0.2, -0.15) is 5.01 Å². The summed E-state index contributed by atoms with van der Waals surface area (Å²) in [5.74, 6) is -1.48. The molecule has 0 saturated carbocycles. The smallest absolute Gasteiger partial charge is 0.281 e. The van der Waals surface area contributed by atoms with Gasteiger partial charge in [-0.1, -0.05) is 29.3 Å². The molecule has 1 aliphatic heterocycles. The Hall–Kier alpha value is -2.99. The van der Waals surface area contributed by atoms with Crippen molar-refractivity contribution in [2.45, 2.75) is 18.7 Å². The van der Waals surface area contributed by atoms with Gasteiger partial charge < -0.3 is 5.32 Å². The number of amides is 3. The van der Waals surface area contributed by atoms with E-state index in [1.807, 2.05) is 6.07 Å². The van der Waals surface area contributed by atoms with Crippen LogP contribution in [0.2, 0.25) is 0 Å². The lowest BCUT2D eigenvalue weighted by Gasteiger charge is -2.28. The zero-order valence-corrected chi connectivity index (χ0v) is 21.7. The minimum absolute atomic E-state index is 0.250. The number of carbonyl (C=O) groups excluding carboxylic acids is 3. The third kappa shape index (κ3) is 4.90. The van der Waals surface area contributed by atoms with Gasteiger partial charge in [0, 0.05) is 11.3 Å². The Labute approximate surface area is 220 Å². The number of aromatic nitrogens is 3. The SMILES string of the molecule is CC1(C)CN(c2ccc(C(=O)Nc3cccc(-n4c(=S)[nH][nH]c4=S)c3)cc2)N(C(=O)C(Cl)Cl)C1=O. The molecule has 0 atom stereocenters. The number of nitrogens with one attached hydrogen (secondary N) is 3. The molecular formula is C22H20Cl2N6O3S2. The fraction of sp³-hybridized carbons (Fsp3) is 0.227. The molecule has 1 saturated heterocycles. The van der Waals surface area contributed by atoms with E-state index in [2.05, 4.69) is 15.5 Å². The number of halogens is 2. The van der Waals surface area contributed by atoms with Crippen LogP contribution >= 0.6 is 47.6 Å². The van der Waals surface area contributed by atoms with Crippen LogP contribution in [0.1, 0.15) is 24.2 Å². The number of H-pyrrole nitrogens is 2. The molecule has 2 aromatic carbocycles. The zero-order valence-electron chi connectivity index (χ0n) is 18.5. The van der Waals surface area contributed by atoms with Crippen LogP contribution in [0.25, 0.3) is 5.69 Å². The molecule has 0 radical (unpaired) electrons. The van der Waals surface area contributed by atoms with Crippen molar-refractivity contribution in [2.24, 2.45) is 5.41 Å². The number of benzene rings is 2. The van der Waals surface area contributed by atoms with Crippen molar-refractivity contribution in [1.82, 2.24) is 19.8 Å². The molecule has 0 spiro atoms. The first-order valence-electron chi connectivity index (χ1n) is 10.3. The van der Waals surface area contributed by atoms with E-state index in [1.165, 1.54) is 5.01 Å². The largest absolute Gasteiger partial charge is 0.322 e. The van der Waals surface area contributed by atoms with Gasteiger partial charge in [0.1, 0.15) is 0 Å². The van der Waals surface area contributed by atoms with Gasteiger partial charge in [0.05, 0.1) is 23.3 Å². The Morgan fingerprint density at radius 2 is 1.66 bits per heavy atom. The number of rotatable bonds is 5. The summed E-state index contributed by atoms with van der Waals surface area (Å²) >= 11 is 22.0. The number of aromatic amines is 2. The third-order valence-electron chi connectivity index (χ3n) is 5.43. The van der Waals surface area contributed by atoms with Crippen molar-refractivity contribution in [3.8, 4) is 5.69 Å². The van der Waals surface area contributed by atoms with Crippen LogP contribution in [0, 0.1) is 15.0 Å². The molecule has 3 amide bonds. The topological polar surface area (TPSA) is 106 Å². The van der Waals surface area contributed by atoms with E-state index in [0.717, 1.165) is 5.01 Å². The summed E-state index contributed by atoms with van der Waals surface area (Å²) < 4.78 is 2.44. The number of alkyl halides is 2. The average molecular weight is 551 g/mol. The monoisotopic (exact) mass is 550 g/mol. The van der Waals surface area contributed by atoms with Crippen LogP contribution in [0.4, 0.5) is 11.4 Å². The molecule has 35 heavy (non-hydrogen) atoms. The predicted octanol–water partition coefficient (Wildman–Crippen LogP) is 4.76. The van der Waals surface area contributed by atoms with Crippen LogP contribution < -0.4 is 10.3 Å². The normalized spacial score (nSPS) is 15.1. The molecule has 3 N–H and O–H groups in total. The van der Waals surface area contributed by atoms with E-state index in [4.69, 9.17) is 47.6 Å². The van der Waals surface area contributed by atoms with Gasteiger partial charge in [-0.05, 0) is 80.7 Å². The minimum atomic E-state index is -1.38. The molecule has 0 unspecified atom stereocenters. The molecule has 1 aromatic heterocycles. The Balaban J connectivity index is 1.54. The molecule has 4 rings (SSSR count). The molecule has 1 aliphatic rings. The van der Waals surface area contributed by atoms with E-state index in [9.17, 15) is 14.4 Å². The second-order valence-corrected chi connectivity index (χ2v) is 10.3. The second-order valence-electron chi connectivity index (χ2n) is 8.44. The lowest BCUT2D eigenvalue weighted by molar-refractivity contribution is -0.145. The molecule has 3 aromatic rings. The zero-order chi connectivity index (χ0) is 25.5. The first kappa shape index (κ1) is 25.1. The Morgan fingerprint density at radius 1 is 1.03 bits per heavy atom. The maximum atomic E-state index is 12.9. The van der Waals surface area contributed by atoms with E-state index >= 15 is 0 Å². The maximum Gasteiger partial charge on any atom is 0.281 e. The van der Waals surface area contributed by atoms with Gasteiger partial charge in [0.15, 0.2) is 14.4 Å². The van der Waals surface area contributed by atoms with Crippen LogP contribution in [-0.2, 0) is 9.59 Å². The fourth-order valence-corrected chi connectivity index (χ4v) is 4.42. The Morgan fingerprint density at radius 3 is 2.26 bits per heavy atom. The minimum Gasteiger partial charge on any atom is -0.322 e. The molecule has 9 nitrogen and oxygen atoms in total. The van der Waals surface area contributed by atoms with Gasteiger partial charge >= 0.3 is 0 Å². The standard InChI is InChI=1S/C22H20Cl2N6O3S2/c1-22(2)11-28(30(19(22)33)18(32)16(23)24)14-8-6-12(7-9-14)17(31)25-13-4-3-5-15(10-13)29-20(34)26-27-21(29)35/h3-10,16H,11H2,1-2H3,(H,25,31)(H,26,34)(H,27,35). The summed E-state index contributed by atoms with van der Waals surface area (Å²) in [4.78, 5) is 36.7. The average Bonchev–Trinajstić information content (AvgIpc) is 3.27. The van der Waals surface area contributed by atoms with E-state index < -0.39 is 22.1 Å². The lowest BCUT2D eigenvalue weighted by Crippen LogP contribution is -2.46. The highest BCUT2D eigenvalue weighted by Crippen LogP contribution is 2.34. The molecule has 2 heterocycles. The molecule has 1 fully saturated rings. The van der Waals surface area contributed by atoms with Gasteiger partial charge in [-0.15, -0.1) is 0 Å². The van der Waals surface area contributed by atoms with Crippen LogP contribution in [-0.4, -0.2) is 48.9 Å². The number of anilines is 2. The van der Waals surface area contributed by atoms with Gasteiger partial charge in [0.25, 0.3) is 17.7 Å². The number of carbonyl (C=O) groups is 3. The van der Waals surface area contributed by atoms with E-state index in [0.29, 0.717) is 32.2 Å². The summed E-state index contributed by atoms with van der Waals surface area (Å²) in [6, 6.07) is 13.6. The number of hydrogen-bond donors (Lipinski definition) is 3. The summed E-state index contributed by atoms with van der Waals surface area (Å²) in [5, 5.41) is 10.9.